The Bertz CT molecular complexity index is 556. The lowest BCUT2D eigenvalue weighted by molar-refractivity contribution is 0.299. The van der Waals surface area contributed by atoms with Crippen molar-refractivity contribution in [2.45, 2.75) is 44.6 Å². The van der Waals surface area contributed by atoms with Crippen LogP contribution in [0.5, 0.6) is 0 Å². The molecular weight excluding hydrogens is 246 g/mol. The third-order valence-electron chi connectivity index (χ3n) is 4.53. The van der Waals surface area contributed by atoms with Crippen LogP contribution in [0.15, 0.2) is 36.5 Å². The minimum atomic E-state index is 0.157. The Kier molecular flexibility index (Phi) is 4.28. The predicted molar refractivity (Wildman–Crippen MR) is 83.0 cm³/mol. The van der Waals surface area contributed by atoms with Gasteiger partial charge in [-0.3, -0.25) is 16.3 Å². The van der Waals surface area contributed by atoms with E-state index >= 15 is 0 Å². The summed E-state index contributed by atoms with van der Waals surface area (Å²) in [5.74, 6) is 6.61. The number of pyridine rings is 1. The van der Waals surface area contributed by atoms with Gasteiger partial charge in [-0.1, -0.05) is 56.4 Å². The molecule has 0 saturated heterocycles. The van der Waals surface area contributed by atoms with Crippen LogP contribution in [0.2, 0.25) is 0 Å². The number of hydrogen-bond donors (Lipinski definition) is 2. The molecule has 1 fully saturated rings. The van der Waals surface area contributed by atoms with Gasteiger partial charge < -0.3 is 0 Å². The molecule has 3 N–H and O–H groups in total. The topological polar surface area (TPSA) is 50.9 Å². The van der Waals surface area contributed by atoms with Gasteiger partial charge in [0.25, 0.3) is 0 Å². The predicted octanol–water partition coefficient (Wildman–Crippen LogP) is 3.71. The molecule has 1 aliphatic carbocycles. The Balaban J connectivity index is 1.86. The van der Waals surface area contributed by atoms with Crippen molar-refractivity contribution in [3.05, 3.63) is 42.2 Å². The quantitative estimate of drug-likeness (QED) is 0.657. The van der Waals surface area contributed by atoms with Gasteiger partial charge in [0.1, 0.15) is 0 Å². The number of fused-ring (bicyclic) bond motifs is 1. The average Bonchev–Trinajstić information content (AvgIpc) is 2.53. The minimum absolute atomic E-state index is 0.157. The van der Waals surface area contributed by atoms with Gasteiger partial charge in [-0.25, -0.2) is 0 Å². The Morgan fingerprint density at radius 2 is 1.95 bits per heavy atom. The maximum absolute atomic E-state index is 5.82. The first kappa shape index (κ1) is 13.5. The second-order valence-corrected chi connectivity index (χ2v) is 5.88. The Morgan fingerprint density at radius 1 is 1.15 bits per heavy atom. The molecule has 1 saturated carbocycles. The Labute approximate surface area is 120 Å². The minimum Gasteiger partial charge on any atom is -0.271 e. The van der Waals surface area contributed by atoms with E-state index in [1.807, 2.05) is 6.20 Å². The van der Waals surface area contributed by atoms with Gasteiger partial charge in [-0.15, -0.1) is 0 Å². The van der Waals surface area contributed by atoms with E-state index < -0.39 is 0 Å². The van der Waals surface area contributed by atoms with Crippen LogP contribution < -0.4 is 11.3 Å². The fourth-order valence-corrected chi connectivity index (χ4v) is 3.44. The number of nitrogens with one attached hydrogen (secondary N) is 1. The fraction of sp³-hybridized carbons (Fsp3) is 0.471. The first-order chi connectivity index (χ1) is 9.88. The number of hydrogen-bond acceptors (Lipinski definition) is 3. The lowest BCUT2D eigenvalue weighted by Crippen LogP contribution is -2.31. The van der Waals surface area contributed by atoms with Crippen LogP contribution in [0.4, 0.5) is 0 Å². The molecule has 3 heteroatoms. The summed E-state index contributed by atoms with van der Waals surface area (Å²) in [4.78, 5) is 4.60. The summed E-state index contributed by atoms with van der Waals surface area (Å²) in [7, 11) is 0. The van der Waals surface area contributed by atoms with Gasteiger partial charge in [0, 0.05) is 11.6 Å². The smallest absolute Gasteiger partial charge is 0.0664 e. The molecule has 0 aliphatic heterocycles. The van der Waals surface area contributed by atoms with Crippen LogP contribution in [0.1, 0.15) is 50.3 Å². The van der Waals surface area contributed by atoms with Crippen molar-refractivity contribution in [3.63, 3.8) is 0 Å². The lowest BCUT2D eigenvalue weighted by atomic mass is 9.84. The van der Waals surface area contributed by atoms with Gasteiger partial charge in [0.2, 0.25) is 0 Å². The summed E-state index contributed by atoms with van der Waals surface area (Å²) in [6.07, 6.45) is 9.78. The molecular formula is C17H23N3. The maximum Gasteiger partial charge on any atom is 0.0664 e. The number of rotatable bonds is 4. The van der Waals surface area contributed by atoms with E-state index in [4.69, 9.17) is 5.84 Å². The highest BCUT2D eigenvalue weighted by Crippen LogP contribution is 2.33. The van der Waals surface area contributed by atoms with Crippen molar-refractivity contribution in [1.29, 1.82) is 0 Å². The number of aromatic nitrogens is 1. The summed E-state index contributed by atoms with van der Waals surface area (Å²) in [6, 6.07) is 10.6. The molecule has 1 aromatic heterocycles. The highest BCUT2D eigenvalue weighted by Gasteiger charge is 2.21. The first-order valence-corrected chi connectivity index (χ1v) is 7.68. The van der Waals surface area contributed by atoms with Crippen molar-refractivity contribution >= 4 is 10.8 Å². The molecule has 3 rings (SSSR count). The Morgan fingerprint density at radius 3 is 2.75 bits per heavy atom. The molecule has 0 amide bonds. The van der Waals surface area contributed by atoms with Gasteiger partial charge in [0.15, 0.2) is 0 Å². The molecule has 0 spiro atoms. The van der Waals surface area contributed by atoms with Gasteiger partial charge in [-0.05, 0) is 23.8 Å². The zero-order valence-electron chi connectivity index (χ0n) is 11.9. The van der Waals surface area contributed by atoms with Crippen molar-refractivity contribution in [1.82, 2.24) is 10.4 Å². The molecule has 2 aromatic rings. The Hall–Kier alpha value is -1.45. The first-order valence-electron chi connectivity index (χ1n) is 7.68. The van der Waals surface area contributed by atoms with Gasteiger partial charge in [-0.2, -0.15) is 0 Å². The third-order valence-corrected chi connectivity index (χ3v) is 4.53. The zero-order valence-corrected chi connectivity index (χ0v) is 11.9. The summed E-state index contributed by atoms with van der Waals surface area (Å²) >= 11 is 0. The number of hydrazine groups is 1. The van der Waals surface area contributed by atoms with E-state index in [2.05, 4.69) is 40.7 Å². The molecule has 3 nitrogen and oxygen atoms in total. The number of benzene rings is 1. The van der Waals surface area contributed by atoms with Crippen LogP contribution in [0, 0.1) is 5.92 Å². The highest BCUT2D eigenvalue weighted by molar-refractivity contribution is 5.84. The maximum atomic E-state index is 5.82. The van der Waals surface area contributed by atoms with E-state index in [1.165, 1.54) is 42.9 Å². The third kappa shape index (κ3) is 2.84. The largest absolute Gasteiger partial charge is 0.271 e. The molecule has 1 aromatic carbocycles. The van der Waals surface area contributed by atoms with Crippen LogP contribution in [0.3, 0.4) is 0 Å². The average molecular weight is 269 g/mol. The summed E-state index contributed by atoms with van der Waals surface area (Å²) in [6.45, 7) is 0. The van der Waals surface area contributed by atoms with Gasteiger partial charge >= 0.3 is 0 Å². The van der Waals surface area contributed by atoms with Crippen LogP contribution in [-0.4, -0.2) is 4.98 Å². The molecule has 0 bridgehead atoms. The van der Waals surface area contributed by atoms with Crippen molar-refractivity contribution < 1.29 is 0 Å². The van der Waals surface area contributed by atoms with Crippen LogP contribution >= 0.6 is 0 Å². The van der Waals surface area contributed by atoms with Crippen molar-refractivity contribution in [2.75, 3.05) is 0 Å². The fourth-order valence-electron chi connectivity index (χ4n) is 3.44. The van der Waals surface area contributed by atoms with E-state index in [9.17, 15) is 0 Å². The molecule has 0 radical (unpaired) electrons. The van der Waals surface area contributed by atoms with E-state index in [0.29, 0.717) is 0 Å². The molecule has 1 atom stereocenters. The van der Waals surface area contributed by atoms with Crippen LogP contribution in [-0.2, 0) is 0 Å². The van der Waals surface area contributed by atoms with Crippen molar-refractivity contribution in [2.24, 2.45) is 11.8 Å². The second kappa shape index (κ2) is 6.33. The summed E-state index contributed by atoms with van der Waals surface area (Å²) in [5.41, 5.74) is 4.09. The van der Waals surface area contributed by atoms with Crippen LogP contribution in [0.25, 0.3) is 10.8 Å². The second-order valence-electron chi connectivity index (χ2n) is 5.88. The molecule has 20 heavy (non-hydrogen) atoms. The molecule has 1 aliphatic rings. The lowest BCUT2D eigenvalue weighted by Gasteiger charge is -2.26. The van der Waals surface area contributed by atoms with E-state index in [0.717, 1.165) is 18.0 Å². The monoisotopic (exact) mass is 269 g/mol. The standard InChI is InChI=1S/C17H23N3/c18-20-16(12-13-6-2-1-3-7-13)17-15-9-5-4-8-14(15)10-11-19-17/h4-5,8-11,13,16,20H,1-3,6-7,12,18H2. The normalized spacial score (nSPS) is 18.2. The summed E-state index contributed by atoms with van der Waals surface area (Å²) in [5, 5.41) is 2.45. The molecule has 1 unspecified atom stereocenters. The number of nitrogens with two attached hydrogens (primary N) is 1. The SMILES string of the molecule is NNC(CC1CCCCC1)c1nccc2ccccc12. The number of nitrogens with zero attached hydrogens (tertiary/aromatic N) is 1. The van der Waals surface area contributed by atoms with Gasteiger partial charge in [0.05, 0.1) is 11.7 Å². The molecule has 1 heterocycles. The summed E-state index contributed by atoms with van der Waals surface area (Å²) < 4.78 is 0. The zero-order chi connectivity index (χ0) is 13.8. The molecule has 106 valence electrons. The highest BCUT2D eigenvalue weighted by atomic mass is 15.2. The van der Waals surface area contributed by atoms with Crippen molar-refractivity contribution in [3.8, 4) is 0 Å². The van der Waals surface area contributed by atoms with E-state index in [1.54, 1.807) is 0 Å². The van der Waals surface area contributed by atoms with E-state index in [-0.39, 0.29) is 6.04 Å².